The maximum atomic E-state index is 12.7. The van der Waals surface area contributed by atoms with Crippen molar-refractivity contribution in [2.45, 2.75) is 79.1 Å². The number of hydrogen-bond acceptors (Lipinski definition) is 0. The Morgan fingerprint density at radius 2 is 1.22 bits per heavy atom. The molecular weight excluding hydrogens is 280 g/mol. The Balaban J connectivity index is 2.82. The quantitative estimate of drug-likeness (QED) is 0.511. The normalized spacial score (nSPS) is 11.3. The fourth-order valence-electron chi connectivity index (χ4n) is 3.79. The van der Waals surface area contributed by atoms with Gasteiger partial charge in [0.05, 0.1) is 0 Å². The number of benzene rings is 2. The third kappa shape index (κ3) is 3.71. The van der Waals surface area contributed by atoms with Crippen LogP contribution in [0.3, 0.4) is 0 Å². The summed E-state index contributed by atoms with van der Waals surface area (Å²) in [6.07, 6.45) is 8.81. The minimum Gasteiger partial charge on any atom is -0.289 e. The van der Waals surface area contributed by atoms with E-state index in [1.54, 1.807) is 0 Å². The fraction of sp³-hybridized carbons (Fsp3) is 0.545. The second-order valence-electron chi connectivity index (χ2n) is 6.64. The zero-order valence-corrected chi connectivity index (χ0v) is 15.3. The number of aryl methyl sites for hydroxylation is 4. The van der Waals surface area contributed by atoms with Gasteiger partial charge in [-0.05, 0) is 59.4 Å². The average molecular weight is 311 g/mol. The Hall–Kier alpha value is -1.50. The zero-order valence-electron chi connectivity index (χ0n) is 15.3. The smallest absolute Gasteiger partial charge is 0.186 e. The molecule has 0 heterocycles. The van der Waals surface area contributed by atoms with E-state index in [4.69, 9.17) is 0 Å². The summed E-state index contributed by atoms with van der Waals surface area (Å²) in [6, 6.07) is 6.19. The van der Waals surface area contributed by atoms with E-state index in [0.29, 0.717) is 0 Å². The number of fused-ring (bicyclic) bond motifs is 1. The lowest BCUT2D eigenvalue weighted by molar-refractivity contribution is 0.359. The van der Waals surface area contributed by atoms with Crippen LogP contribution in [0.1, 0.15) is 75.6 Å². The molecule has 0 fully saturated rings. The summed E-state index contributed by atoms with van der Waals surface area (Å²) >= 11 is 0. The lowest BCUT2D eigenvalue weighted by Crippen LogP contribution is -2.02. The Bertz CT molecular complexity index is 643. The SMILES string of the molecule is CCCc1ccc2c([O])cc(CCC)c(CCC)c2c1CCC. The van der Waals surface area contributed by atoms with Crippen LogP contribution in [0, 0.1) is 0 Å². The van der Waals surface area contributed by atoms with Crippen LogP contribution in [0.15, 0.2) is 18.2 Å². The summed E-state index contributed by atoms with van der Waals surface area (Å²) in [5.41, 5.74) is 5.64. The molecule has 0 saturated carbocycles. The Labute approximate surface area is 141 Å². The van der Waals surface area contributed by atoms with Gasteiger partial charge in [-0.3, -0.25) is 5.11 Å². The third-order valence-corrected chi connectivity index (χ3v) is 4.71. The summed E-state index contributed by atoms with van der Waals surface area (Å²) in [5, 5.41) is 14.9. The van der Waals surface area contributed by atoms with Crippen LogP contribution in [0.4, 0.5) is 0 Å². The van der Waals surface area contributed by atoms with E-state index in [1.165, 1.54) is 27.6 Å². The van der Waals surface area contributed by atoms with Gasteiger partial charge in [0.15, 0.2) is 5.75 Å². The summed E-state index contributed by atoms with van der Waals surface area (Å²) in [4.78, 5) is 0. The molecule has 1 radical (unpaired) electrons. The van der Waals surface area contributed by atoms with Gasteiger partial charge in [0.25, 0.3) is 0 Å². The Morgan fingerprint density at radius 1 is 0.696 bits per heavy atom. The van der Waals surface area contributed by atoms with Gasteiger partial charge in [0.1, 0.15) is 0 Å². The summed E-state index contributed by atoms with van der Waals surface area (Å²) in [6.45, 7) is 8.91. The maximum absolute atomic E-state index is 12.7. The standard InChI is InChI=1S/C22H31O/c1-5-9-16-13-14-20-21(23)15-17(10-6-2)19(12-8-4)22(20)18(16)11-7-3/h13-15H,5-12H2,1-4H3. The Morgan fingerprint density at radius 3 is 1.78 bits per heavy atom. The highest BCUT2D eigenvalue weighted by atomic mass is 16.3. The number of hydrogen-bond donors (Lipinski definition) is 0. The van der Waals surface area contributed by atoms with E-state index in [2.05, 4.69) is 39.8 Å². The molecule has 0 spiro atoms. The van der Waals surface area contributed by atoms with Gasteiger partial charge in [-0.2, -0.15) is 0 Å². The Kier molecular flexibility index (Phi) is 6.50. The van der Waals surface area contributed by atoms with Crippen LogP contribution in [-0.2, 0) is 30.8 Å². The molecule has 0 unspecified atom stereocenters. The molecule has 2 aromatic carbocycles. The lowest BCUT2D eigenvalue weighted by atomic mass is 9.86. The molecule has 0 aliphatic carbocycles. The molecule has 2 aromatic rings. The third-order valence-electron chi connectivity index (χ3n) is 4.71. The molecule has 0 aromatic heterocycles. The molecule has 0 atom stereocenters. The predicted octanol–water partition coefficient (Wildman–Crippen LogP) is 6.79. The minimum atomic E-state index is 0.212. The van der Waals surface area contributed by atoms with Gasteiger partial charge in [-0.25, -0.2) is 0 Å². The lowest BCUT2D eigenvalue weighted by Gasteiger charge is -2.19. The van der Waals surface area contributed by atoms with Crippen LogP contribution in [0.2, 0.25) is 0 Å². The van der Waals surface area contributed by atoms with E-state index in [-0.39, 0.29) is 5.75 Å². The first-order valence-electron chi connectivity index (χ1n) is 9.43. The molecule has 0 aliphatic rings. The van der Waals surface area contributed by atoms with Crippen molar-refractivity contribution in [3.8, 4) is 5.75 Å². The minimum absolute atomic E-state index is 0.212. The summed E-state index contributed by atoms with van der Waals surface area (Å²) in [7, 11) is 0. The first kappa shape index (κ1) is 17.8. The molecule has 125 valence electrons. The van der Waals surface area contributed by atoms with E-state index < -0.39 is 0 Å². The van der Waals surface area contributed by atoms with Crippen molar-refractivity contribution in [1.29, 1.82) is 0 Å². The maximum Gasteiger partial charge on any atom is 0.186 e. The molecule has 0 N–H and O–H groups in total. The predicted molar refractivity (Wildman–Crippen MR) is 100 cm³/mol. The highest BCUT2D eigenvalue weighted by Gasteiger charge is 2.17. The summed E-state index contributed by atoms with van der Waals surface area (Å²) < 4.78 is 0. The van der Waals surface area contributed by atoms with Crippen LogP contribution in [-0.4, -0.2) is 0 Å². The first-order chi connectivity index (χ1) is 11.2. The molecule has 0 saturated heterocycles. The second-order valence-corrected chi connectivity index (χ2v) is 6.64. The number of rotatable bonds is 8. The average Bonchev–Trinajstić information content (AvgIpc) is 2.53. The van der Waals surface area contributed by atoms with E-state index in [1.807, 2.05) is 6.07 Å². The molecule has 1 nitrogen and oxygen atoms in total. The molecule has 2 rings (SSSR count). The van der Waals surface area contributed by atoms with Crippen molar-refractivity contribution in [3.05, 3.63) is 40.5 Å². The topological polar surface area (TPSA) is 19.9 Å². The highest BCUT2D eigenvalue weighted by molar-refractivity contribution is 5.95. The van der Waals surface area contributed by atoms with Gasteiger partial charge in [0.2, 0.25) is 0 Å². The summed E-state index contributed by atoms with van der Waals surface area (Å²) in [5.74, 6) is 0.212. The van der Waals surface area contributed by atoms with E-state index >= 15 is 0 Å². The second kappa shape index (κ2) is 8.38. The van der Waals surface area contributed by atoms with Gasteiger partial charge in [-0.15, -0.1) is 0 Å². The van der Waals surface area contributed by atoms with Crippen LogP contribution in [0.5, 0.6) is 5.75 Å². The molecule has 0 aliphatic heterocycles. The molecule has 0 amide bonds. The van der Waals surface area contributed by atoms with Gasteiger partial charge in [-0.1, -0.05) is 65.5 Å². The van der Waals surface area contributed by atoms with E-state index in [0.717, 1.165) is 56.8 Å². The van der Waals surface area contributed by atoms with Crippen LogP contribution < -0.4 is 0 Å². The van der Waals surface area contributed by atoms with Crippen LogP contribution in [0.25, 0.3) is 10.8 Å². The van der Waals surface area contributed by atoms with Crippen LogP contribution >= 0.6 is 0 Å². The van der Waals surface area contributed by atoms with E-state index in [9.17, 15) is 5.11 Å². The van der Waals surface area contributed by atoms with Crippen molar-refractivity contribution >= 4 is 10.8 Å². The molecule has 1 heteroatoms. The molecule has 0 bridgehead atoms. The fourth-order valence-corrected chi connectivity index (χ4v) is 3.79. The van der Waals surface area contributed by atoms with Gasteiger partial charge in [0, 0.05) is 5.39 Å². The van der Waals surface area contributed by atoms with Gasteiger partial charge < -0.3 is 0 Å². The van der Waals surface area contributed by atoms with Crippen molar-refractivity contribution < 1.29 is 5.11 Å². The van der Waals surface area contributed by atoms with Crippen molar-refractivity contribution in [1.82, 2.24) is 0 Å². The first-order valence-corrected chi connectivity index (χ1v) is 9.43. The zero-order chi connectivity index (χ0) is 16.8. The molecule has 23 heavy (non-hydrogen) atoms. The van der Waals surface area contributed by atoms with Crippen molar-refractivity contribution in [2.24, 2.45) is 0 Å². The molecular formula is C22H31O. The van der Waals surface area contributed by atoms with Crippen molar-refractivity contribution in [3.63, 3.8) is 0 Å². The van der Waals surface area contributed by atoms with Gasteiger partial charge >= 0.3 is 0 Å². The largest absolute Gasteiger partial charge is 0.289 e. The highest BCUT2D eigenvalue weighted by Crippen LogP contribution is 2.37. The van der Waals surface area contributed by atoms with Crippen molar-refractivity contribution in [2.75, 3.05) is 0 Å². The monoisotopic (exact) mass is 311 g/mol.